The Morgan fingerprint density at radius 3 is 3.20 bits per heavy atom. The Morgan fingerprint density at radius 2 is 2.40 bits per heavy atom. The van der Waals surface area contributed by atoms with Crippen molar-refractivity contribution >= 4 is 17.4 Å². The molecule has 2 rings (SSSR count). The van der Waals surface area contributed by atoms with Crippen molar-refractivity contribution in [2.75, 3.05) is 17.6 Å². The predicted octanol–water partition coefficient (Wildman–Crippen LogP) is 2.62. The number of thioether (sulfide) groups is 1. The van der Waals surface area contributed by atoms with Crippen LogP contribution in [-0.4, -0.2) is 18.3 Å². The number of benzene rings is 1. The fraction of sp³-hybridized carbons (Fsp3) is 0.500. The van der Waals surface area contributed by atoms with Crippen molar-refractivity contribution < 1.29 is 0 Å². The molecule has 1 heterocycles. The second-order valence-corrected chi connectivity index (χ2v) is 5.14. The quantitative estimate of drug-likeness (QED) is 0.825. The first-order valence-electron chi connectivity index (χ1n) is 5.49. The highest BCUT2D eigenvalue weighted by molar-refractivity contribution is 7.99. The van der Waals surface area contributed by atoms with Crippen LogP contribution in [0.15, 0.2) is 23.1 Å². The van der Waals surface area contributed by atoms with Crippen LogP contribution in [0.25, 0.3) is 0 Å². The Bertz CT molecular complexity index is 338. The zero-order valence-electron chi connectivity index (χ0n) is 9.12. The molecule has 0 aromatic heterocycles. The molecule has 3 heteroatoms. The highest BCUT2D eigenvalue weighted by Gasteiger charge is 2.17. The fourth-order valence-electron chi connectivity index (χ4n) is 1.85. The molecule has 1 unspecified atom stereocenters. The van der Waals surface area contributed by atoms with Gasteiger partial charge in [-0.2, -0.15) is 0 Å². The zero-order valence-corrected chi connectivity index (χ0v) is 9.94. The average Bonchev–Trinajstić information content (AvgIpc) is 2.25. The highest BCUT2D eigenvalue weighted by atomic mass is 32.2. The van der Waals surface area contributed by atoms with Gasteiger partial charge in [-0.25, -0.2) is 0 Å². The maximum absolute atomic E-state index is 5.53. The van der Waals surface area contributed by atoms with Gasteiger partial charge in [0.15, 0.2) is 0 Å². The van der Waals surface area contributed by atoms with Crippen molar-refractivity contribution in [3.8, 4) is 0 Å². The van der Waals surface area contributed by atoms with Gasteiger partial charge in [0.2, 0.25) is 0 Å². The second kappa shape index (κ2) is 4.90. The standard InChI is InChI=1S/C12H18N2S/c1-9-4-5-12-11(7-9)14-10(8-15-12)3-2-6-13/h4-5,7,10,14H,2-3,6,8,13H2,1H3. The van der Waals surface area contributed by atoms with Crippen LogP contribution >= 0.6 is 11.8 Å². The minimum absolute atomic E-state index is 0.591. The van der Waals surface area contributed by atoms with E-state index >= 15 is 0 Å². The molecule has 1 aliphatic rings. The van der Waals surface area contributed by atoms with E-state index in [0.717, 1.165) is 18.7 Å². The molecule has 1 aromatic carbocycles. The Balaban J connectivity index is 2.05. The van der Waals surface area contributed by atoms with E-state index in [1.54, 1.807) is 0 Å². The van der Waals surface area contributed by atoms with E-state index in [1.807, 2.05) is 11.8 Å². The SMILES string of the molecule is Cc1ccc2c(c1)NC(CCCN)CS2. The molecule has 82 valence electrons. The van der Waals surface area contributed by atoms with Crippen molar-refractivity contribution in [1.82, 2.24) is 0 Å². The lowest BCUT2D eigenvalue weighted by molar-refractivity contribution is 0.664. The van der Waals surface area contributed by atoms with Crippen LogP contribution in [0.4, 0.5) is 5.69 Å². The van der Waals surface area contributed by atoms with Gasteiger partial charge in [0.1, 0.15) is 0 Å². The molecule has 0 spiro atoms. The maximum Gasteiger partial charge on any atom is 0.0483 e. The number of hydrogen-bond acceptors (Lipinski definition) is 3. The normalized spacial score (nSPS) is 19.5. The minimum Gasteiger partial charge on any atom is -0.381 e. The van der Waals surface area contributed by atoms with E-state index < -0.39 is 0 Å². The molecular formula is C12H18N2S. The Morgan fingerprint density at radius 1 is 1.53 bits per heavy atom. The van der Waals surface area contributed by atoms with Gasteiger partial charge in [-0.3, -0.25) is 0 Å². The molecule has 0 aliphatic carbocycles. The molecule has 2 nitrogen and oxygen atoms in total. The Labute approximate surface area is 95.6 Å². The smallest absolute Gasteiger partial charge is 0.0483 e. The highest BCUT2D eigenvalue weighted by Crippen LogP contribution is 2.34. The molecule has 0 radical (unpaired) electrons. The maximum atomic E-state index is 5.53. The summed E-state index contributed by atoms with van der Waals surface area (Å²) in [7, 11) is 0. The van der Waals surface area contributed by atoms with Gasteiger partial charge in [0, 0.05) is 22.4 Å². The van der Waals surface area contributed by atoms with E-state index in [4.69, 9.17) is 5.73 Å². The van der Waals surface area contributed by atoms with E-state index in [-0.39, 0.29) is 0 Å². The second-order valence-electron chi connectivity index (χ2n) is 4.08. The van der Waals surface area contributed by atoms with Gasteiger partial charge in [0.25, 0.3) is 0 Å². The topological polar surface area (TPSA) is 38.0 Å². The first-order valence-corrected chi connectivity index (χ1v) is 6.48. The molecule has 15 heavy (non-hydrogen) atoms. The van der Waals surface area contributed by atoms with Crippen LogP contribution in [-0.2, 0) is 0 Å². The van der Waals surface area contributed by atoms with Crippen LogP contribution in [0.3, 0.4) is 0 Å². The van der Waals surface area contributed by atoms with Crippen molar-refractivity contribution in [2.45, 2.75) is 30.7 Å². The third-order valence-electron chi connectivity index (χ3n) is 2.69. The fourth-order valence-corrected chi connectivity index (χ4v) is 2.92. The lowest BCUT2D eigenvalue weighted by atomic mass is 10.1. The number of rotatable bonds is 3. The first kappa shape index (κ1) is 10.8. The Hall–Kier alpha value is -0.670. The third-order valence-corrected chi connectivity index (χ3v) is 3.93. The van der Waals surface area contributed by atoms with Gasteiger partial charge in [0.05, 0.1) is 0 Å². The summed E-state index contributed by atoms with van der Waals surface area (Å²) in [5.74, 6) is 1.16. The van der Waals surface area contributed by atoms with E-state index in [0.29, 0.717) is 6.04 Å². The van der Waals surface area contributed by atoms with Crippen molar-refractivity contribution in [1.29, 1.82) is 0 Å². The average molecular weight is 222 g/mol. The number of hydrogen-bond donors (Lipinski definition) is 2. The summed E-state index contributed by atoms with van der Waals surface area (Å²) < 4.78 is 0. The molecule has 1 aliphatic heterocycles. The summed E-state index contributed by atoms with van der Waals surface area (Å²) in [6.07, 6.45) is 2.29. The molecule has 3 N–H and O–H groups in total. The first-order chi connectivity index (χ1) is 7.29. The molecule has 0 saturated carbocycles. The number of anilines is 1. The Kier molecular flexibility index (Phi) is 3.54. The number of fused-ring (bicyclic) bond motifs is 1. The van der Waals surface area contributed by atoms with Crippen molar-refractivity contribution in [2.24, 2.45) is 5.73 Å². The summed E-state index contributed by atoms with van der Waals surface area (Å²) in [6.45, 7) is 2.93. The zero-order chi connectivity index (χ0) is 10.7. The molecule has 0 saturated heterocycles. The van der Waals surface area contributed by atoms with Crippen LogP contribution in [0.2, 0.25) is 0 Å². The predicted molar refractivity (Wildman–Crippen MR) is 67.6 cm³/mol. The van der Waals surface area contributed by atoms with Gasteiger partial charge in [-0.1, -0.05) is 6.07 Å². The monoisotopic (exact) mass is 222 g/mol. The van der Waals surface area contributed by atoms with Gasteiger partial charge < -0.3 is 11.1 Å². The van der Waals surface area contributed by atoms with E-state index in [9.17, 15) is 0 Å². The van der Waals surface area contributed by atoms with Gasteiger partial charge in [-0.05, 0) is 44.0 Å². The van der Waals surface area contributed by atoms with E-state index in [2.05, 4.69) is 30.4 Å². The summed E-state index contributed by atoms with van der Waals surface area (Å²) in [4.78, 5) is 1.38. The lowest BCUT2D eigenvalue weighted by Crippen LogP contribution is -2.26. The largest absolute Gasteiger partial charge is 0.381 e. The van der Waals surface area contributed by atoms with Crippen LogP contribution < -0.4 is 11.1 Å². The summed E-state index contributed by atoms with van der Waals surface area (Å²) in [6, 6.07) is 7.21. The molecule has 0 amide bonds. The minimum atomic E-state index is 0.591. The molecule has 0 bridgehead atoms. The van der Waals surface area contributed by atoms with Crippen LogP contribution in [0.5, 0.6) is 0 Å². The van der Waals surface area contributed by atoms with Gasteiger partial charge >= 0.3 is 0 Å². The summed E-state index contributed by atoms with van der Waals surface area (Å²) in [5.41, 5.74) is 8.15. The molecular weight excluding hydrogens is 204 g/mol. The third kappa shape index (κ3) is 2.67. The summed E-state index contributed by atoms with van der Waals surface area (Å²) >= 11 is 1.95. The number of nitrogens with two attached hydrogens (primary N) is 1. The van der Waals surface area contributed by atoms with Crippen molar-refractivity contribution in [3.05, 3.63) is 23.8 Å². The van der Waals surface area contributed by atoms with E-state index in [1.165, 1.54) is 22.6 Å². The number of aryl methyl sites for hydroxylation is 1. The van der Waals surface area contributed by atoms with Crippen LogP contribution in [0.1, 0.15) is 18.4 Å². The lowest BCUT2D eigenvalue weighted by Gasteiger charge is -2.26. The molecule has 0 fully saturated rings. The van der Waals surface area contributed by atoms with Crippen molar-refractivity contribution in [3.63, 3.8) is 0 Å². The molecule has 1 aromatic rings. The molecule has 1 atom stereocenters. The van der Waals surface area contributed by atoms with Gasteiger partial charge in [-0.15, -0.1) is 11.8 Å². The number of nitrogens with one attached hydrogen (secondary N) is 1. The summed E-state index contributed by atoms with van der Waals surface area (Å²) in [5, 5.41) is 3.60. The van der Waals surface area contributed by atoms with Crippen LogP contribution in [0, 0.1) is 6.92 Å².